The molecule has 4 nitrogen and oxygen atoms in total. The van der Waals surface area contributed by atoms with Gasteiger partial charge in [-0.1, -0.05) is 36.4 Å². The minimum Gasteiger partial charge on any atom is -0.311 e. The molecule has 2 heterocycles. The molecule has 7 rings (SSSR count). The van der Waals surface area contributed by atoms with Gasteiger partial charge >= 0.3 is 0 Å². The number of benzene rings is 3. The second-order valence-corrected chi connectivity index (χ2v) is 10.1. The van der Waals surface area contributed by atoms with E-state index in [1.807, 2.05) is 12.1 Å². The maximum Gasteiger partial charge on any atom is 0.101 e. The Morgan fingerprint density at radius 1 is 0.556 bits per heavy atom. The van der Waals surface area contributed by atoms with Crippen LogP contribution in [0.1, 0.15) is 59.3 Å². The Hall–Kier alpha value is -4.28. The van der Waals surface area contributed by atoms with Crippen LogP contribution in [0.5, 0.6) is 0 Å². The molecule has 0 saturated carbocycles. The molecule has 4 heteroatoms. The van der Waals surface area contributed by atoms with E-state index in [4.69, 9.17) is 0 Å². The topological polar surface area (TPSA) is 57.4 Å². The van der Waals surface area contributed by atoms with Crippen LogP contribution < -0.4 is 0 Å². The van der Waals surface area contributed by atoms with Gasteiger partial charge in [0.15, 0.2) is 0 Å². The summed E-state index contributed by atoms with van der Waals surface area (Å²) in [6.45, 7) is 0. The zero-order valence-electron chi connectivity index (χ0n) is 20.2. The largest absolute Gasteiger partial charge is 0.311 e. The zero-order valence-corrected chi connectivity index (χ0v) is 20.2. The molecule has 0 aliphatic heterocycles. The Morgan fingerprint density at radius 3 is 1.42 bits per heavy atom. The van der Waals surface area contributed by atoms with Crippen molar-refractivity contribution < 1.29 is 0 Å². The van der Waals surface area contributed by atoms with Crippen LogP contribution in [0.3, 0.4) is 0 Å². The van der Waals surface area contributed by atoms with Crippen molar-refractivity contribution in [1.82, 2.24) is 9.13 Å². The van der Waals surface area contributed by atoms with Crippen molar-refractivity contribution in [2.75, 3.05) is 0 Å². The second kappa shape index (κ2) is 8.14. The second-order valence-electron chi connectivity index (χ2n) is 10.1. The van der Waals surface area contributed by atoms with Gasteiger partial charge in [0.2, 0.25) is 0 Å². The molecule has 0 fully saturated rings. The Labute approximate surface area is 210 Å². The lowest BCUT2D eigenvalue weighted by molar-refractivity contribution is 0.661. The number of hydrogen-bond acceptors (Lipinski definition) is 2. The fourth-order valence-electron chi connectivity index (χ4n) is 6.66. The van der Waals surface area contributed by atoms with Gasteiger partial charge in [-0.05, 0) is 86.8 Å². The first-order chi connectivity index (χ1) is 17.8. The van der Waals surface area contributed by atoms with Crippen LogP contribution in [0.2, 0.25) is 0 Å². The maximum atomic E-state index is 9.99. The summed E-state index contributed by atoms with van der Waals surface area (Å²) >= 11 is 0. The van der Waals surface area contributed by atoms with Gasteiger partial charge < -0.3 is 9.13 Å². The van der Waals surface area contributed by atoms with Crippen molar-refractivity contribution >= 4 is 21.8 Å². The molecule has 3 aromatic carbocycles. The van der Waals surface area contributed by atoms with Crippen LogP contribution >= 0.6 is 0 Å². The van der Waals surface area contributed by atoms with Gasteiger partial charge in [0.1, 0.15) is 12.1 Å². The van der Waals surface area contributed by atoms with Crippen LogP contribution in [0, 0.1) is 22.7 Å². The standard InChI is InChI=1S/C32H26N4/c33-19-21-17-31(35-27-13-5-1-9-23(27)24-10-2-6-14-28(24)35)32(18-22(21)20-34)36-29-15-7-3-11-25(29)26-12-4-8-16-30(26)36/h1,3,5,7,9,11,13,15,17-18H,2,4,6,8,10,12,14,16H2. The summed E-state index contributed by atoms with van der Waals surface area (Å²) in [7, 11) is 0. The molecule has 0 N–H and O–H groups in total. The minimum absolute atomic E-state index is 0.434. The third kappa shape index (κ3) is 2.91. The molecule has 0 atom stereocenters. The van der Waals surface area contributed by atoms with Gasteiger partial charge in [0.25, 0.3) is 0 Å². The van der Waals surface area contributed by atoms with E-state index in [2.05, 4.69) is 69.8 Å². The lowest BCUT2D eigenvalue weighted by atomic mass is 9.95. The molecule has 2 aromatic heterocycles. The van der Waals surface area contributed by atoms with E-state index in [-0.39, 0.29) is 0 Å². The van der Waals surface area contributed by atoms with Crippen molar-refractivity contribution in [3.05, 3.63) is 94.3 Å². The molecule has 0 amide bonds. The Bertz CT molecular complexity index is 1640. The number of nitriles is 2. The number of aromatic nitrogens is 2. The van der Waals surface area contributed by atoms with Crippen molar-refractivity contribution in [2.45, 2.75) is 51.4 Å². The first-order valence-corrected chi connectivity index (χ1v) is 13.0. The van der Waals surface area contributed by atoms with Crippen molar-refractivity contribution in [2.24, 2.45) is 0 Å². The molecule has 2 aliphatic carbocycles. The van der Waals surface area contributed by atoms with Gasteiger partial charge in [-0.15, -0.1) is 0 Å². The maximum absolute atomic E-state index is 9.99. The van der Waals surface area contributed by atoms with Crippen LogP contribution in [0.25, 0.3) is 33.2 Å². The summed E-state index contributed by atoms with van der Waals surface area (Å²) in [4.78, 5) is 0. The van der Waals surface area contributed by atoms with Crippen molar-refractivity contribution in [3.63, 3.8) is 0 Å². The fraction of sp³-hybridized carbons (Fsp3) is 0.250. The Balaban J connectivity index is 1.64. The SMILES string of the molecule is N#Cc1cc(-n2c3c(c4ccccc42)CCCC3)c(-n2c3c(c4ccccc42)CCCC3)cc1C#N. The summed E-state index contributed by atoms with van der Waals surface area (Å²) in [5, 5.41) is 22.6. The molecule has 2 aliphatic rings. The van der Waals surface area contributed by atoms with E-state index in [1.54, 1.807) is 0 Å². The summed E-state index contributed by atoms with van der Waals surface area (Å²) in [5.74, 6) is 0. The lowest BCUT2D eigenvalue weighted by Gasteiger charge is -2.22. The molecule has 5 aromatic rings. The lowest BCUT2D eigenvalue weighted by Crippen LogP contribution is -2.13. The van der Waals surface area contributed by atoms with Gasteiger partial charge in [-0.25, -0.2) is 0 Å². The number of hydrogen-bond donors (Lipinski definition) is 0. The minimum atomic E-state index is 0.434. The van der Waals surface area contributed by atoms with Crippen LogP contribution in [-0.4, -0.2) is 9.13 Å². The molecule has 0 saturated heterocycles. The highest BCUT2D eigenvalue weighted by Gasteiger charge is 2.27. The third-order valence-electron chi connectivity index (χ3n) is 8.19. The molecule has 0 unspecified atom stereocenters. The quantitative estimate of drug-likeness (QED) is 0.279. The molecule has 0 spiro atoms. The Morgan fingerprint density at radius 2 is 0.972 bits per heavy atom. The Kier molecular flexibility index (Phi) is 4.76. The van der Waals surface area contributed by atoms with Crippen LogP contribution in [0.4, 0.5) is 0 Å². The van der Waals surface area contributed by atoms with E-state index < -0.39 is 0 Å². The van der Waals surface area contributed by atoms with Crippen LogP contribution in [0.15, 0.2) is 60.7 Å². The van der Waals surface area contributed by atoms with Gasteiger partial charge in [0.05, 0.1) is 33.5 Å². The predicted octanol–water partition coefficient (Wildman–Crippen LogP) is 7.08. The van der Waals surface area contributed by atoms with E-state index in [0.29, 0.717) is 11.1 Å². The van der Waals surface area contributed by atoms with E-state index in [0.717, 1.165) is 37.1 Å². The highest BCUT2D eigenvalue weighted by atomic mass is 15.1. The van der Waals surface area contributed by atoms with Crippen LogP contribution in [-0.2, 0) is 25.7 Å². The molecule has 0 radical (unpaired) electrons. The van der Waals surface area contributed by atoms with E-state index in [1.165, 1.54) is 70.0 Å². The molecular formula is C32H26N4. The molecule has 0 bridgehead atoms. The highest BCUT2D eigenvalue weighted by molar-refractivity contribution is 5.91. The van der Waals surface area contributed by atoms with Gasteiger partial charge in [-0.3, -0.25) is 0 Å². The number of fused-ring (bicyclic) bond motifs is 6. The first-order valence-electron chi connectivity index (χ1n) is 13.0. The monoisotopic (exact) mass is 466 g/mol. The summed E-state index contributed by atoms with van der Waals surface area (Å²) in [6.07, 6.45) is 8.97. The molecule has 36 heavy (non-hydrogen) atoms. The highest BCUT2D eigenvalue weighted by Crippen LogP contribution is 2.40. The molecular weight excluding hydrogens is 440 g/mol. The van der Waals surface area contributed by atoms with Crippen molar-refractivity contribution in [3.8, 4) is 23.5 Å². The average Bonchev–Trinajstić information content (AvgIpc) is 3.45. The summed E-state index contributed by atoms with van der Waals surface area (Å²) in [5.41, 5.74) is 10.8. The van der Waals surface area contributed by atoms with E-state index in [9.17, 15) is 10.5 Å². The van der Waals surface area contributed by atoms with Gasteiger partial charge in [-0.2, -0.15) is 10.5 Å². The smallest absolute Gasteiger partial charge is 0.101 e. The fourth-order valence-corrected chi connectivity index (χ4v) is 6.66. The van der Waals surface area contributed by atoms with E-state index >= 15 is 0 Å². The summed E-state index contributed by atoms with van der Waals surface area (Å²) in [6, 6.07) is 25.8. The van der Waals surface area contributed by atoms with Gasteiger partial charge in [0, 0.05) is 22.2 Å². The number of para-hydroxylation sites is 2. The average molecular weight is 467 g/mol. The zero-order chi connectivity index (χ0) is 24.2. The summed E-state index contributed by atoms with van der Waals surface area (Å²) < 4.78 is 4.79. The predicted molar refractivity (Wildman–Crippen MR) is 143 cm³/mol. The third-order valence-corrected chi connectivity index (χ3v) is 8.19. The first kappa shape index (κ1) is 21.0. The molecule has 174 valence electrons. The normalized spacial score (nSPS) is 14.8. The number of rotatable bonds is 2. The number of aryl methyl sites for hydroxylation is 2. The van der Waals surface area contributed by atoms with Crippen molar-refractivity contribution in [1.29, 1.82) is 10.5 Å². The number of nitrogens with zero attached hydrogens (tertiary/aromatic N) is 4.